The van der Waals surface area contributed by atoms with E-state index in [0.29, 0.717) is 18.1 Å². The molecule has 1 aromatic carbocycles. The first kappa shape index (κ1) is 12.0. The van der Waals surface area contributed by atoms with E-state index >= 15 is 0 Å². The predicted molar refractivity (Wildman–Crippen MR) is 73.7 cm³/mol. The Morgan fingerprint density at radius 2 is 1.59 bits per heavy atom. The fourth-order valence-electron chi connectivity index (χ4n) is 2.45. The van der Waals surface area contributed by atoms with E-state index in [1.54, 1.807) is 0 Å². The summed E-state index contributed by atoms with van der Waals surface area (Å²) >= 11 is 0. The molecule has 17 heavy (non-hydrogen) atoms. The van der Waals surface area contributed by atoms with Gasteiger partial charge in [0.15, 0.2) is 0 Å². The maximum Gasteiger partial charge on any atom is 0.108 e. The van der Waals surface area contributed by atoms with Crippen LogP contribution in [0.25, 0.3) is 0 Å². The standard InChI is InChI=1S/C15H22N2/c1-12(2)15-16(13(3)4)10-11-17(15)14-8-6-5-7-9-14/h5-13,15H,1-4H3. The molecular weight excluding hydrogens is 208 g/mol. The first-order valence-corrected chi connectivity index (χ1v) is 6.40. The van der Waals surface area contributed by atoms with Crippen LogP contribution in [0.3, 0.4) is 0 Å². The van der Waals surface area contributed by atoms with Gasteiger partial charge in [0.2, 0.25) is 0 Å². The van der Waals surface area contributed by atoms with Gasteiger partial charge in [-0.05, 0) is 31.9 Å². The Morgan fingerprint density at radius 1 is 0.941 bits per heavy atom. The van der Waals surface area contributed by atoms with E-state index in [9.17, 15) is 0 Å². The second-order valence-corrected chi connectivity index (χ2v) is 5.24. The number of hydrogen-bond acceptors (Lipinski definition) is 2. The number of nitrogens with zero attached hydrogens (tertiary/aromatic N) is 2. The predicted octanol–water partition coefficient (Wildman–Crippen LogP) is 3.67. The molecule has 2 rings (SSSR count). The number of hydrogen-bond donors (Lipinski definition) is 0. The highest BCUT2D eigenvalue weighted by Gasteiger charge is 2.31. The zero-order valence-corrected chi connectivity index (χ0v) is 11.2. The van der Waals surface area contributed by atoms with Crippen molar-refractivity contribution in [3.05, 3.63) is 42.7 Å². The van der Waals surface area contributed by atoms with Crippen molar-refractivity contribution in [2.45, 2.75) is 39.9 Å². The van der Waals surface area contributed by atoms with Gasteiger partial charge < -0.3 is 9.80 Å². The molecule has 0 amide bonds. The van der Waals surface area contributed by atoms with Crippen LogP contribution in [0.4, 0.5) is 5.69 Å². The van der Waals surface area contributed by atoms with Gasteiger partial charge in [-0.25, -0.2) is 0 Å². The van der Waals surface area contributed by atoms with Crippen molar-refractivity contribution < 1.29 is 0 Å². The van der Waals surface area contributed by atoms with Gasteiger partial charge in [0.1, 0.15) is 6.17 Å². The summed E-state index contributed by atoms with van der Waals surface area (Å²) in [6.45, 7) is 9.05. The summed E-state index contributed by atoms with van der Waals surface area (Å²) in [5, 5.41) is 0. The summed E-state index contributed by atoms with van der Waals surface area (Å²) in [5.74, 6) is 0.590. The van der Waals surface area contributed by atoms with Crippen LogP contribution in [0.5, 0.6) is 0 Å². The Kier molecular flexibility index (Phi) is 3.41. The SMILES string of the molecule is CC(C)C1N(c2ccccc2)C=CN1C(C)C. The Bertz CT molecular complexity index is 381. The third-order valence-electron chi connectivity index (χ3n) is 3.24. The van der Waals surface area contributed by atoms with Crippen molar-refractivity contribution in [2.75, 3.05) is 4.90 Å². The van der Waals surface area contributed by atoms with Gasteiger partial charge in [0, 0.05) is 24.1 Å². The third-order valence-corrected chi connectivity index (χ3v) is 3.24. The summed E-state index contributed by atoms with van der Waals surface area (Å²) in [5.41, 5.74) is 1.27. The normalized spacial score (nSPS) is 19.8. The molecule has 0 spiro atoms. The molecule has 1 heterocycles. The second-order valence-electron chi connectivity index (χ2n) is 5.24. The van der Waals surface area contributed by atoms with Gasteiger partial charge in [0.25, 0.3) is 0 Å². The molecule has 1 aliphatic rings. The average molecular weight is 230 g/mol. The molecule has 92 valence electrons. The average Bonchev–Trinajstić information content (AvgIpc) is 2.74. The smallest absolute Gasteiger partial charge is 0.108 e. The number of anilines is 1. The first-order valence-electron chi connectivity index (χ1n) is 6.40. The van der Waals surface area contributed by atoms with Gasteiger partial charge in [-0.1, -0.05) is 32.0 Å². The lowest BCUT2D eigenvalue weighted by Crippen LogP contribution is -2.45. The van der Waals surface area contributed by atoms with Gasteiger partial charge in [-0.15, -0.1) is 0 Å². The highest BCUT2D eigenvalue weighted by Crippen LogP contribution is 2.29. The minimum Gasteiger partial charge on any atom is -0.353 e. The number of para-hydroxylation sites is 1. The van der Waals surface area contributed by atoms with Gasteiger partial charge >= 0.3 is 0 Å². The summed E-state index contributed by atoms with van der Waals surface area (Å²) in [7, 11) is 0. The lowest BCUT2D eigenvalue weighted by atomic mass is 10.1. The Balaban J connectivity index is 2.27. The van der Waals surface area contributed by atoms with Crippen LogP contribution in [0.1, 0.15) is 27.7 Å². The van der Waals surface area contributed by atoms with Crippen molar-refractivity contribution in [3.63, 3.8) is 0 Å². The van der Waals surface area contributed by atoms with Crippen molar-refractivity contribution in [1.29, 1.82) is 0 Å². The molecule has 0 fully saturated rings. The van der Waals surface area contributed by atoms with Crippen LogP contribution in [0.2, 0.25) is 0 Å². The lowest BCUT2D eigenvalue weighted by Gasteiger charge is -2.37. The number of benzene rings is 1. The highest BCUT2D eigenvalue weighted by atomic mass is 15.4. The van der Waals surface area contributed by atoms with Crippen molar-refractivity contribution in [2.24, 2.45) is 5.92 Å². The summed E-state index contributed by atoms with van der Waals surface area (Å²) in [6, 6.07) is 11.1. The minimum absolute atomic E-state index is 0.428. The molecular formula is C15H22N2. The summed E-state index contributed by atoms with van der Waals surface area (Å²) < 4.78 is 0. The zero-order chi connectivity index (χ0) is 12.4. The molecule has 2 nitrogen and oxygen atoms in total. The van der Waals surface area contributed by atoms with Gasteiger partial charge in [0.05, 0.1) is 0 Å². The molecule has 1 aromatic rings. The van der Waals surface area contributed by atoms with Gasteiger partial charge in [-0.2, -0.15) is 0 Å². The quantitative estimate of drug-likeness (QED) is 0.781. The van der Waals surface area contributed by atoms with Crippen molar-refractivity contribution in [3.8, 4) is 0 Å². The Hall–Kier alpha value is -1.44. The molecule has 0 aliphatic carbocycles. The van der Waals surface area contributed by atoms with Crippen LogP contribution in [0, 0.1) is 5.92 Å². The van der Waals surface area contributed by atoms with Gasteiger partial charge in [-0.3, -0.25) is 0 Å². The molecule has 0 saturated carbocycles. The largest absolute Gasteiger partial charge is 0.353 e. The molecule has 2 heteroatoms. The van der Waals surface area contributed by atoms with Crippen molar-refractivity contribution in [1.82, 2.24) is 4.90 Å². The Morgan fingerprint density at radius 3 is 2.12 bits per heavy atom. The van der Waals surface area contributed by atoms with Crippen LogP contribution < -0.4 is 4.90 Å². The van der Waals surface area contributed by atoms with Crippen molar-refractivity contribution >= 4 is 5.69 Å². The molecule has 0 aromatic heterocycles. The zero-order valence-electron chi connectivity index (χ0n) is 11.2. The highest BCUT2D eigenvalue weighted by molar-refractivity contribution is 5.51. The van der Waals surface area contributed by atoms with E-state index < -0.39 is 0 Å². The number of rotatable bonds is 3. The van der Waals surface area contributed by atoms with E-state index in [4.69, 9.17) is 0 Å². The molecule has 1 aliphatic heterocycles. The van der Waals surface area contributed by atoms with Crippen LogP contribution in [0.15, 0.2) is 42.7 Å². The molecule has 1 unspecified atom stereocenters. The Labute approximate surface area is 105 Å². The topological polar surface area (TPSA) is 6.48 Å². The van der Waals surface area contributed by atoms with Crippen LogP contribution in [-0.4, -0.2) is 17.1 Å². The van der Waals surface area contributed by atoms with Crippen LogP contribution in [-0.2, 0) is 0 Å². The fraction of sp³-hybridized carbons (Fsp3) is 0.467. The third kappa shape index (κ3) is 2.31. The maximum absolute atomic E-state index is 2.43. The monoisotopic (exact) mass is 230 g/mol. The minimum atomic E-state index is 0.428. The molecule has 0 bridgehead atoms. The summed E-state index contributed by atoms with van der Waals surface area (Å²) in [4.78, 5) is 4.79. The van der Waals surface area contributed by atoms with E-state index in [1.165, 1.54) is 5.69 Å². The van der Waals surface area contributed by atoms with E-state index in [1.807, 2.05) is 0 Å². The lowest BCUT2D eigenvalue weighted by molar-refractivity contribution is 0.202. The fourth-order valence-corrected chi connectivity index (χ4v) is 2.45. The summed E-state index contributed by atoms with van der Waals surface area (Å²) in [6.07, 6.45) is 4.83. The molecule has 0 N–H and O–H groups in total. The molecule has 1 atom stereocenters. The van der Waals surface area contributed by atoms with E-state index in [2.05, 4.69) is 80.2 Å². The van der Waals surface area contributed by atoms with E-state index in [0.717, 1.165) is 0 Å². The van der Waals surface area contributed by atoms with E-state index in [-0.39, 0.29) is 0 Å². The second kappa shape index (κ2) is 4.82. The molecule has 0 radical (unpaired) electrons. The molecule has 0 saturated heterocycles. The van der Waals surface area contributed by atoms with Crippen LogP contribution >= 0.6 is 0 Å². The maximum atomic E-state index is 2.43. The first-order chi connectivity index (χ1) is 8.11.